The van der Waals surface area contributed by atoms with Gasteiger partial charge in [-0.2, -0.15) is 0 Å². The number of alkyl halides is 2. The summed E-state index contributed by atoms with van der Waals surface area (Å²) in [4.78, 5) is 35.2. The number of hydrogen-bond donors (Lipinski definition) is 1. The molecule has 11 heteroatoms. The summed E-state index contributed by atoms with van der Waals surface area (Å²) in [7, 11) is 0. The summed E-state index contributed by atoms with van der Waals surface area (Å²) < 4.78 is 39.4. The fourth-order valence-corrected chi connectivity index (χ4v) is 5.99. The van der Waals surface area contributed by atoms with Crippen molar-refractivity contribution in [1.82, 2.24) is 19.4 Å². The molecule has 0 bridgehead atoms. The summed E-state index contributed by atoms with van der Waals surface area (Å²) in [5.74, 6) is -0.305. The zero-order valence-corrected chi connectivity index (χ0v) is 22.9. The van der Waals surface area contributed by atoms with Gasteiger partial charge in [0.2, 0.25) is 11.9 Å². The van der Waals surface area contributed by atoms with Gasteiger partial charge in [-0.25, -0.2) is 4.98 Å². The minimum absolute atomic E-state index is 0.0593. The smallest absolute Gasteiger partial charge is 0.395 e. The van der Waals surface area contributed by atoms with Crippen molar-refractivity contribution in [2.45, 2.75) is 51.4 Å². The highest BCUT2D eigenvalue weighted by Gasteiger charge is 2.45. The van der Waals surface area contributed by atoms with Crippen molar-refractivity contribution in [3.63, 3.8) is 0 Å². The maximum absolute atomic E-state index is 14.0. The van der Waals surface area contributed by atoms with Gasteiger partial charge in [0, 0.05) is 42.9 Å². The molecule has 0 spiro atoms. The van der Waals surface area contributed by atoms with Crippen LogP contribution < -0.4 is 14.8 Å². The van der Waals surface area contributed by atoms with Crippen molar-refractivity contribution in [1.29, 1.82) is 0 Å². The standard InChI is InChI=1S/C30H33F2N5O4/c1-20-26-23(18-24-27(20)41-30(31,32)40-24)33-29(34-28(39)21-10-3-2-4-11-21)37(26)22-12-5-6-17-36(19-22)25(38)13-9-16-35-14-7-8-15-35/h2-4,9-11,13,18,22H,5-8,12,14-17,19H2,1H3,(H,33,34,39)/b13-9+. The van der Waals surface area contributed by atoms with E-state index in [0.29, 0.717) is 41.7 Å². The number of amides is 2. The second kappa shape index (κ2) is 11.1. The average molecular weight is 566 g/mol. The monoisotopic (exact) mass is 565 g/mol. The van der Waals surface area contributed by atoms with Gasteiger partial charge >= 0.3 is 6.29 Å². The fourth-order valence-electron chi connectivity index (χ4n) is 5.99. The third kappa shape index (κ3) is 5.63. The summed E-state index contributed by atoms with van der Waals surface area (Å²) >= 11 is 0. The van der Waals surface area contributed by atoms with Crippen LogP contribution in [0, 0.1) is 6.92 Å². The molecule has 9 nitrogen and oxygen atoms in total. The quantitative estimate of drug-likeness (QED) is 0.418. The van der Waals surface area contributed by atoms with Gasteiger partial charge in [0.1, 0.15) is 0 Å². The van der Waals surface area contributed by atoms with Crippen LogP contribution in [0.2, 0.25) is 0 Å². The lowest BCUT2D eigenvalue weighted by molar-refractivity contribution is -0.286. The van der Waals surface area contributed by atoms with Crippen LogP contribution in [-0.2, 0) is 4.79 Å². The van der Waals surface area contributed by atoms with Gasteiger partial charge in [-0.05, 0) is 64.3 Å². The summed E-state index contributed by atoms with van der Waals surface area (Å²) in [6, 6.07) is 9.92. The lowest BCUT2D eigenvalue weighted by atomic mass is 10.1. The van der Waals surface area contributed by atoms with Crippen LogP contribution in [0.4, 0.5) is 14.7 Å². The number of halogens is 2. The molecule has 3 aromatic rings. The molecule has 6 rings (SSSR count). The number of aryl methyl sites for hydroxylation is 1. The van der Waals surface area contributed by atoms with Gasteiger partial charge in [-0.15, -0.1) is 8.78 Å². The number of aromatic nitrogens is 2. The van der Waals surface area contributed by atoms with Gasteiger partial charge in [-0.1, -0.05) is 24.3 Å². The number of benzene rings is 2. The van der Waals surface area contributed by atoms with Crippen LogP contribution in [-0.4, -0.2) is 70.2 Å². The van der Waals surface area contributed by atoms with E-state index < -0.39 is 6.29 Å². The fraction of sp³-hybridized carbons (Fsp3) is 0.433. The Kier molecular flexibility index (Phi) is 7.37. The van der Waals surface area contributed by atoms with E-state index in [9.17, 15) is 18.4 Å². The second-order valence-electron chi connectivity index (χ2n) is 10.8. The molecule has 2 amide bonds. The Labute approximate surface area is 236 Å². The zero-order chi connectivity index (χ0) is 28.6. The van der Waals surface area contributed by atoms with Crippen molar-refractivity contribution < 1.29 is 27.8 Å². The first-order chi connectivity index (χ1) is 19.8. The van der Waals surface area contributed by atoms with Crippen molar-refractivity contribution in [3.8, 4) is 11.5 Å². The van der Waals surface area contributed by atoms with Crippen LogP contribution in [0.15, 0.2) is 48.6 Å². The van der Waals surface area contributed by atoms with Crippen LogP contribution in [0.25, 0.3) is 11.0 Å². The van der Waals surface area contributed by atoms with Gasteiger partial charge in [0.25, 0.3) is 5.91 Å². The highest BCUT2D eigenvalue weighted by atomic mass is 19.3. The number of hydrogen-bond acceptors (Lipinski definition) is 6. The number of carbonyl (C=O) groups excluding carboxylic acids is 2. The van der Waals surface area contributed by atoms with E-state index in [4.69, 9.17) is 9.47 Å². The molecule has 0 radical (unpaired) electrons. The molecule has 2 fully saturated rings. The third-order valence-corrected chi connectivity index (χ3v) is 7.98. The Morgan fingerprint density at radius 2 is 1.85 bits per heavy atom. The molecule has 0 aliphatic carbocycles. The Hall–Kier alpha value is -3.99. The second-order valence-corrected chi connectivity index (χ2v) is 10.8. The number of nitrogens with zero attached hydrogens (tertiary/aromatic N) is 4. The summed E-state index contributed by atoms with van der Waals surface area (Å²) in [5.41, 5.74) is 1.82. The van der Waals surface area contributed by atoms with Crippen molar-refractivity contribution in [2.75, 3.05) is 38.0 Å². The molecule has 1 atom stereocenters. The molecule has 1 aromatic heterocycles. The minimum Gasteiger partial charge on any atom is -0.395 e. The molecular weight excluding hydrogens is 532 g/mol. The molecule has 3 aliphatic rings. The number of imidazole rings is 1. The first-order valence-corrected chi connectivity index (χ1v) is 14.1. The predicted octanol–water partition coefficient (Wildman–Crippen LogP) is 5.12. The molecule has 4 heterocycles. The van der Waals surface area contributed by atoms with Crippen LogP contribution in [0.3, 0.4) is 0 Å². The topological polar surface area (TPSA) is 88.9 Å². The average Bonchev–Trinajstić information content (AvgIpc) is 3.61. The number of carbonyl (C=O) groups is 2. The number of ether oxygens (including phenoxy) is 2. The Morgan fingerprint density at radius 3 is 2.63 bits per heavy atom. The molecule has 216 valence electrons. The van der Waals surface area contributed by atoms with Gasteiger partial charge in [0.05, 0.1) is 17.1 Å². The number of rotatable bonds is 6. The van der Waals surface area contributed by atoms with E-state index in [1.807, 2.05) is 21.6 Å². The lowest BCUT2D eigenvalue weighted by Crippen LogP contribution is -2.35. The van der Waals surface area contributed by atoms with Crippen molar-refractivity contribution >= 4 is 28.8 Å². The lowest BCUT2D eigenvalue weighted by Gasteiger charge is -2.26. The molecular formula is C30H33F2N5O4. The number of fused-ring (bicyclic) bond motifs is 2. The van der Waals surface area contributed by atoms with Gasteiger partial charge in [-0.3, -0.25) is 19.8 Å². The minimum atomic E-state index is -3.77. The number of nitrogens with one attached hydrogen (secondary N) is 1. The van der Waals surface area contributed by atoms with E-state index in [1.165, 1.54) is 18.9 Å². The van der Waals surface area contributed by atoms with E-state index in [1.54, 1.807) is 37.3 Å². The Bertz CT molecular complexity index is 1480. The molecule has 2 saturated heterocycles. The molecule has 1 N–H and O–H groups in total. The first kappa shape index (κ1) is 27.2. The number of likely N-dealkylation sites (tertiary alicyclic amines) is 2. The predicted molar refractivity (Wildman–Crippen MR) is 149 cm³/mol. The maximum atomic E-state index is 14.0. The summed E-state index contributed by atoms with van der Waals surface area (Å²) in [5, 5.41) is 2.92. The van der Waals surface area contributed by atoms with E-state index in [0.717, 1.165) is 32.5 Å². The normalized spacial score (nSPS) is 20.6. The SMILES string of the molecule is Cc1c2c(cc3nc(NC(=O)c4ccccc4)n(C4CCCCN(C(=O)/C=C/CN5CCCC5)C4)c13)OC(F)(F)O2. The van der Waals surface area contributed by atoms with Gasteiger partial charge in [0.15, 0.2) is 11.5 Å². The molecule has 2 aromatic carbocycles. The third-order valence-electron chi connectivity index (χ3n) is 7.98. The highest BCUT2D eigenvalue weighted by molar-refractivity contribution is 6.04. The van der Waals surface area contributed by atoms with Crippen molar-refractivity contribution in [2.24, 2.45) is 0 Å². The van der Waals surface area contributed by atoms with Crippen LogP contribution in [0.1, 0.15) is 54.1 Å². The molecule has 1 unspecified atom stereocenters. The largest absolute Gasteiger partial charge is 0.586 e. The van der Waals surface area contributed by atoms with Gasteiger partial charge < -0.3 is 18.9 Å². The molecule has 0 saturated carbocycles. The maximum Gasteiger partial charge on any atom is 0.586 e. The Morgan fingerprint density at radius 1 is 1.10 bits per heavy atom. The van der Waals surface area contributed by atoms with Crippen molar-refractivity contribution in [3.05, 3.63) is 59.7 Å². The first-order valence-electron chi connectivity index (χ1n) is 14.1. The Balaban J connectivity index is 1.35. The number of anilines is 1. The highest BCUT2D eigenvalue weighted by Crippen LogP contribution is 2.47. The van der Waals surface area contributed by atoms with Crippen LogP contribution >= 0.6 is 0 Å². The summed E-state index contributed by atoms with van der Waals surface area (Å²) in [6.45, 7) is 5.53. The van der Waals surface area contributed by atoms with E-state index in [-0.39, 0.29) is 35.3 Å². The molecule has 3 aliphatic heterocycles. The zero-order valence-electron chi connectivity index (χ0n) is 22.9. The summed E-state index contributed by atoms with van der Waals surface area (Å²) in [6.07, 6.45) is 4.58. The molecule has 41 heavy (non-hydrogen) atoms. The van der Waals surface area contributed by atoms with Crippen LogP contribution in [0.5, 0.6) is 11.5 Å². The van der Waals surface area contributed by atoms with E-state index >= 15 is 0 Å². The van der Waals surface area contributed by atoms with E-state index in [2.05, 4.69) is 15.2 Å².